The van der Waals surface area contributed by atoms with Gasteiger partial charge in [-0.15, -0.1) is 0 Å². The third kappa shape index (κ3) is 4.78. The fraction of sp³-hybridized carbons (Fsp3) is 0.391. The number of nitrogens with one attached hydrogen (secondary N) is 1. The van der Waals surface area contributed by atoms with E-state index in [1.807, 2.05) is 13.8 Å². The van der Waals surface area contributed by atoms with Crippen molar-refractivity contribution in [2.45, 2.75) is 32.5 Å². The monoisotopic (exact) mass is 446 g/mol. The van der Waals surface area contributed by atoms with E-state index in [2.05, 4.69) is 5.32 Å². The Hall–Kier alpha value is -2.77. The highest BCUT2D eigenvalue weighted by Gasteiger charge is 2.36. The van der Waals surface area contributed by atoms with Crippen molar-refractivity contribution in [3.05, 3.63) is 58.1 Å². The third-order valence-electron chi connectivity index (χ3n) is 5.43. The van der Waals surface area contributed by atoms with Crippen LogP contribution in [0, 0.1) is 5.92 Å². The molecule has 0 bridgehead atoms. The second kappa shape index (κ2) is 9.58. The number of rotatable bonds is 6. The van der Waals surface area contributed by atoms with Gasteiger partial charge < -0.3 is 24.8 Å². The van der Waals surface area contributed by atoms with Crippen molar-refractivity contribution < 1.29 is 24.2 Å². The number of fused-ring (bicyclic) bond motifs is 1. The van der Waals surface area contributed by atoms with Crippen LogP contribution in [0.15, 0.2) is 36.4 Å². The summed E-state index contributed by atoms with van der Waals surface area (Å²) in [6.07, 6.45) is -0.933. The molecule has 166 valence electrons. The number of nitrogens with zero attached hydrogens (tertiary/aromatic N) is 1. The van der Waals surface area contributed by atoms with E-state index in [-0.39, 0.29) is 30.8 Å². The van der Waals surface area contributed by atoms with Crippen molar-refractivity contribution in [2.24, 2.45) is 5.92 Å². The van der Waals surface area contributed by atoms with Gasteiger partial charge in [-0.2, -0.15) is 0 Å². The number of halogens is 1. The number of aliphatic hydroxyl groups excluding tert-OH is 1. The summed E-state index contributed by atoms with van der Waals surface area (Å²) in [5.41, 5.74) is 1.73. The molecular weight excluding hydrogens is 420 g/mol. The predicted molar refractivity (Wildman–Crippen MR) is 117 cm³/mol. The SMILES string of the molecule is COc1ccc(OC)c2c1CN(C(=O)C(NC(=O)c1ccc(Cl)cc1)C(C)C)CC2O. The molecule has 2 unspecified atom stereocenters. The zero-order chi connectivity index (χ0) is 22.7. The van der Waals surface area contributed by atoms with E-state index < -0.39 is 12.1 Å². The second-order valence-corrected chi connectivity index (χ2v) is 8.24. The van der Waals surface area contributed by atoms with Crippen LogP contribution in [0.2, 0.25) is 5.02 Å². The van der Waals surface area contributed by atoms with Gasteiger partial charge in [-0.05, 0) is 42.3 Å². The minimum atomic E-state index is -0.933. The van der Waals surface area contributed by atoms with E-state index in [1.165, 1.54) is 7.11 Å². The van der Waals surface area contributed by atoms with Gasteiger partial charge in [0, 0.05) is 28.3 Å². The molecule has 2 N–H and O–H groups in total. The standard InChI is InChI=1S/C23H27ClN2O5/c1-13(2)21(25-22(28)14-5-7-15(24)8-6-14)23(29)26-11-16-18(30-3)9-10-19(31-4)20(16)17(27)12-26/h5-10,13,17,21,27H,11-12H2,1-4H3,(H,25,28). The largest absolute Gasteiger partial charge is 0.496 e. The molecule has 8 heteroatoms. The Labute approximate surface area is 186 Å². The number of carbonyl (C=O) groups is 2. The van der Waals surface area contributed by atoms with E-state index in [4.69, 9.17) is 21.1 Å². The summed E-state index contributed by atoms with van der Waals surface area (Å²) in [4.78, 5) is 27.6. The van der Waals surface area contributed by atoms with Crippen LogP contribution >= 0.6 is 11.6 Å². The Kier molecular flexibility index (Phi) is 7.08. The van der Waals surface area contributed by atoms with E-state index in [9.17, 15) is 14.7 Å². The van der Waals surface area contributed by atoms with Crippen LogP contribution in [0.5, 0.6) is 11.5 Å². The third-order valence-corrected chi connectivity index (χ3v) is 5.68. The molecule has 0 saturated carbocycles. The smallest absolute Gasteiger partial charge is 0.251 e. The number of methoxy groups -OCH3 is 2. The molecule has 0 radical (unpaired) electrons. The molecule has 1 heterocycles. The van der Waals surface area contributed by atoms with Crippen LogP contribution in [0.1, 0.15) is 41.4 Å². The van der Waals surface area contributed by atoms with Gasteiger partial charge in [0.15, 0.2) is 0 Å². The minimum absolute atomic E-state index is 0.0927. The first-order valence-corrected chi connectivity index (χ1v) is 10.4. The lowest BCUT2D eigenvalue weighted by atomic mass is 9.93. The molecule has 7 nitrogen and oxygen atoms in total. The van der Waals surface area contributed by atoms with Crippen molar-refractivity contribution in [1.29, 1.82) is 0 Å². The molecule has 2 aromatic rings. The van der Waals surface area contributed by atoms with Crippen LogP contribution in [0.25, 0.3) is 0 Å². The maximum atomic E-state index is 13.4. The molecule has 1 aliphatic rings. The maximum Gasteiger partial charge on any atom is 0.251 e. The van der Waals surface area contributed by atoms with Gasteiger partial charge in [0.1, 0.15) is 23.6 Å². The van der Waals surface area contributed by atoms with Crippen LogP contribution < -0.4 is 14.8 Å². The van der Waals surface area contributed by atoms with E-state index in [1.54, 1.807) is 48.4 Å². The van der Waals surface area contributed by atoms with Crippen LogP contribution in [-0.4, -0.2) is 48.6 Å². The summed E-state index contributed by atoms with van der Waals surface area (Å²) >= 11 is 5.89. The van der Waals surface area contributed by atoms with Crippen molar-refractivity contribution in [3.8, 4) is 11.5 Å². The van der Waals surface area contributed by atoms with Crippen molar-refractivity contribution >= 4 is 23.4 Å². The molecule has 2 aromatic carbocycles. The van der Waals surface area contributed by atoms with Gasteiger partial charge in [0.05, 0.1) is 20.8 Å². The number of benzene rings is 2. The number of carbonyl (C=O) groups excluding carboxylic acids is 2. The summed E-state index contributed by atoms with van der Waals surface area (Å²) in [6.45, 7) is 4.06. The predicted octanol–water partition coefficient (Wildman–Crippen LogP) is 3.19. The summed E-state index contributed by atoms with van der Waals surface area (Å²) in [7, 11) is 3.08. The lowest BCUT2D eigenvalue weighted by molar-refractivity contribution is -0.137. The first-order valence-electron chi connectivity index (χ1n) is 10.0. The molecule has 0 aromatic heterocycles. The van der Waals surface area contributed by atoms with Gasteiger partial charge >= 0.3 is 0 Å². The van der Waals surface area contributed by atoms with E-state index >= 15 is 0 Å². The second-order valence-electron chi connectivity index (χ2n) is 7.80. The van der Waals surface area contributed by atoms with Gasteiger partial charge in [-0.1, -0.05) is 25.4 Å². The van der Waals surface area contributed by atoms with Crippen molar-refractivity contribution in [3.63, 3.8) is 0 Å². The van der Waals surface area contributed by atoms with Crippen LogP contribution in [0.3, 0.4) is 0 Å². The normalized spacial score (nSPS) is 16.5. The molecular formula is C23H27ClN2O5. The Morgan fingerprint density at radius 3 is 2.29 bits per heavy atom. The molecule has 2 atom stereocenters. The van der Waals surface area contributed by atoms with Crippen LogP contribution in [0.4, 0.5) is 0 Å². The molecule has 0 aliphatic carbocycles. The number of β-amino-alcohol motifs (C(OH)–C–C–N with tert-alkyl or cyclic N) is 1. The zero-order valence-corrected chi connectivity index (χ0v) is 18.8. The van der Waals surface area contributed by atoms with Crippen LogP contribution in [-0.2, 0) is 11.3 Å². The molecule has 1 aliphatic heterocycles. The van der Waals surface area contributed by atoms with Crippen molar-refractivity contribution in [2.75, 3.05) is 20.8 Å². The summed E-state index contributed by atoms with van der Waals surface area (Å²) in [6, 6.07) is 9.20. The number of ether oxygens (including phenoxy) is 2. The highest BCUT2D eigenvalue weighted by atomic mass is 35.5. The molecule has 0 saturated heterocycles. The topological polar surface area (TPSA) is 88.1 Å². The Morgan fingerprint density at radius 2 is 1.71 bits per heavy atom. The van der Waals surface area contributed by atoms with E-state index in [0.717, 1.165) is 0 Å². The molecule has 3 rings (SSSR count). The van der Waals surface area contributed by atoms with Gasteiger partial charge in [0.25, 0.3) is 5.91 Å². The molecule has 2 amide bonds. The van der Waals surface area contributed by atoms with Gasteiger partial charge in [-0.3, -0.25) is 9.59 Å². The van der Waals surface area contributed by atoms with Crippen molar-refractivity contribution in [1.82, 2.24) is 10.2 Å². The first kappa shape index (κ1) is 22.9. The molecule has 0 fully saturated rings. The molecule has 0 spiro atoms. The number of hydrogen-bond donors (Lipinski definition) is 2. The number of amides is 2. The first-order chi connectivity index (χ1) is 14.8. The van der Waals surface area contributed by atoms with Gasteiger partial charge in [-0.25, -0.2) is 0 Å². The average Bonchev–Trinajstić information content (AvgIpc) is 2.76. The van der Waals surface area contributed by atoms with Gasteiger partial charge in [0.2, 0.25) is 5.91 Å². The maximum absolute atomic E-state index is 13.4. The van der Waals surface area contributed by atoms with E-state index in [0.29, 0.717) is 33.2 Å². The quantitative estimate of drug-likeness (QED) is 0.711. The lowest BCUT2D eigenvalue weighted by Gasteiger charge is -2.36. The fourth-order valence-corrected chi connectivity index (χ4v) is 3.91. The average molecular weight is 447 g/mol. The highest BCUT2D eigenvalue weighted by molar-refractivity contribution is 6.30. The minimum Gasteiger partial charge on any atom is -0.496 e. The summed E-state index contributed by atoms with van der Waals surface area (Å²) < 4.78 is 10.8. The zero-order valence-electron chi connectivity index (χ0n) is 18.0. The summed E-state index contributed by atoms with van der Waals surface area (Å²) in [5.74, 6) is 0.327. The number of aliphatic hydroxyl groups is 1. The molecule has 31 heavy (non-hydrogen) atoms. The fourth-order valence-electron chi connectivity index (χ4n) is 3.78. The lowest BCUT2D eigenvalue weighted by Crippen LogP contribution is -2.52. The highest BCUT2D eigenvalue weighted by Crippen LogP contribution is 2.39. The Balaban J connectivity index is 1.85. The Morgan fingerprint density at radius 1 is 1.10 bits per heavy atom. The Bertz CT molecular complexity index is 961. The number of hydrogen-bond acceptors (Lipinski definition) is 5. The summed E-state index contributed by atoms with van der Waals surface area (Å²) in [5, 5.41) is 14.1.